The number of nitrogens with zero attached hydrogens (tertiary/aromatic N) is 1. The van der Waals surface area contributed by atoms with Gasteiger partial charge in [0.25, 0.3) is 5.91 Å². The minimum absolute atomic E-state index is 0.000965. The van der Waals surface area contributed by atoms with Crippen LogP contribution in [-0.4, -0.2) is 53.7 Å². The summed E-state index contributed by atoms with van der Waals surface area (Å²) in [7, 11) is 0. The number of carboxylic acid groups (broad SMARTS) is 1. The van der Waals surface area contributed by atoms with Crippen molar-refractivity contribution in [3.05, 3.63) is 70.8 Å². The average molecular weight is 421 g/mol. The fourth-order valence-corrected chi connectivity index (χ4v) is 4.47. The number of nitrogens with one attached hydrogen (secondary N) is 1. The van der Waals surface area contributed by atoms with Crippen LogP contribution >= 0.6 is 0 Å². The fraction of sp³-hybridized carbons (Fsp3) is 0.360. The molecular weight excluding hydrogens is 392 g/mol. The van der Waals surface area contributed by atoms with Crippen LogP contribution in [0.15, 0.2) is 48.5 Å². The second-order valence-corrected chi connectivity index (χ2v) is 8.01. The Morgan fingerprint density at radius 3 is 2.35 bits per heavy atom. The minimum Gasteiger partial charge on any atom is -0.482 e. The molecule has 2 aliphatic rings. The third-order valence-corrected chi connectivity index (χ3v) is 6.19. The van der Waals surface area contributed by atoms with Crippen molar-refractivity contribution in [2.24, 2.45) is 0 Å². The van der Waals surface area contributed by atoms with E-state index >= 15 is 0 Å². The van der Waals surface area contributed by atoms with Crippen LogP contribution in [0, 0.1) is 0 Å². The van der Waals surface area contributed by atoms with E-state index < -0.39 is 11.6 Å². The molecule has 2 heterocycles. The lowest BCUT2D eigenvalue weighted by atomic mass is 9.82. The van der Waals surface area contributed by atoms with E-state index in [0.29, 0.717) is 30.0 Å². The van der Waals surface area contributed by atoms with Crippen LogP contribution in [0.4, 0.5) is 0 Å². The van der Waals surface area contributed by atoms with Gasteiger partial charge in [0.15, 0.2) is 0 Å². The van der Waals surface area contributed by atoms with Gasteiger partial charge in [-0.3, -0.25) is 4.79 Å². The van der Waals surface area contributed by atoms with Gasteiger partial charge in [-0.15, -0.1) is 0 Å². The van der Waals surface area contributed by atoms with Crippen molar-refractivity contribution in [1.29, 1.82) is 0 Å². The smallest absolute Gasteiger partial charge is 0.336 e. The maximum Gasteiger partial charge on any atom is 0.336 e. The summed E-state index contributed by atoms with van der Waals surface area (Å²) < 4.78 is 6.38. The zero-order chi connectivity index (χ0) is 22.0. The van der Waals surface area contributed by atoms with Crippen molar-refractivity contribution in [3.63, 3.8) is 0 Å². The Morgan fingerprint density at radius 1 is 1.06 bits per heavy atom. The number of fused-ring (bicyclic) bond motifs is 1. The van der Waals surface area contributed by atoms with Crippen molar-refractivity contribution >= 4 is 17.4 Å². The SMILES string of the molecule is CCN(CC)C(=O)c1ccc(C2=CC3(CCNCC3)Oc3cccc(C(=O)O)c32)cc1. The molecule has 0 bridgehead atoms. The van der Waals surface area contributed by atoms with Crippen molar-refractivity contribution in [1.82, 2.24) is 10.2 Å². The lowest BCUT2D eigenvalue weighted by Crippen LogP contribution is -2.46. The first-order valence-corrected chi connectivity index (χ1v) is 10.9. The number of hydrogen-bond donors (Lipinski definition) is 2. The summed E-state index contributed by atoms with van der Waals surface area (Å²) >= 11 is 0. The van der Waals surface area contributed by atoms with Crippen LogP contribution in [0.3, 0.4) is 0 Å². The number of hydrogen-bond acceptors (Lipinski definition) is 4. The first-order valence-electron chi connectivity index (χ1n) is 10.9. The molecule has 0 saturated carbocycles. The number of ether oxygens (including phenoxy) is 1. The molecule has 0 aliphatic carbocycles. The van der Waals surface area contributed by atoms with E-state index in [4.69, 9.17) is 4.74 Å². The summed E-state index contributed by atoms with van der Waals surface area (Å²) in [5.74, 6) is -0.387. The number of amides is 1. The zero-order valence-electron chi connectivity index (χ0n) is 18.0. The van der Waals surface area contributed by atoms with Crippen molar-refractivity contribution < 1.29 is 19.4 Å². The highest BCUT2D eigenvalue weighted by atomic mass is 16.5. The highest BCUT2D eigenvalue weighted by Gasteiger charge is 2.38. The Morgan fingerprint density at radius 2 is 1.74 bits per heavy atom. The molecule has 0 radical (unpaired) electrons. The maximum absolute atomic E-state index is 12.7. The van der Waals surface area contributed by atoms with Gasteiger partial charge < -0.3 is 20.1 Å². The molecular formula is C25H28N2O4. The quantitative estimate of drug-likeness (QED) is 0.769. The molecule has 1 spiro atoms. The Hall–Kier alpha value is -3.12. The van der Waals surface area contributed by atoms with Crippen LogP contribution in [-0.2, 0) is 0 Å². The average Bonchev–Trinajstić information content (AvgIpc) is 2.79. The zero-order valence-corrected chi connectivity index (χ0v) is 18.0. The standard InChI is InChI=1S/C25H28N2O4/c1-3-27(4-2)23(28)18-10-8-17(9-11-18)20-16-25(12-14-26-15-13-25)31-21-7-5-6-19(22(20)21)24(29)30/h5-11,16,26H,3-4,12-15H2,1-2H3,(H,29,30). The molecule has 6 heteroatoms. The van der Waals surface area contributed by atoms with Crippen LogP contribution in [0.25, 0.3) is 5.57 Å². The Balaban J connectivity index is 1.80. The third-order valence-electron chi connectivity index (χ3n) is 6.19. The van der Waals surface area contributed by atoms with Gasteiger partial charge in [-0.25, -0.2) is 4.79 Å². The molecule has 1 amide bonds. The summed E-state index contributed by atoms with van der Waals surface area (Å²) in [4.78, 5) is 26.4. The summed E-state index contributed by atoms with van der Waals surface area (Å²) in [6.45, 7) is 6.93. The van der Waals surface area contributed by atoms with Gasteiger partial charge in [-0.2, -0.15) is 0 Å². The monoisotopic (exact) mass is 420 g/mol. The van der Waals surface area contributed by atoms with Gasteiger partial charge in [-0.1, -0.05) is 18.2 Å². The number of carboxylic acids is 1. The molecule has 0 aromatic heterocycles. The molecule has 2 N–H and O–H groups in total. The molecule has 1 fully saturated rings. The number of aromatic carboxylic acids is 1. The maximum atomic E-state index is 12.7. The molecule has 0 atom stereocenters. The molecule has 31 heavy (non-hydrogen) atoms. The van der Waals surface area contributed by atoms with Crippen LogP contribution in [0.1, 0.15) is 58.5 Å². The van der Waals surface area contributed by atoms with Gasteiger partial charge in [0.05, 0.1) is 5.56 Å². The predicted molar refractivity (Wildman–Crippen MR) is 120 cm³/mol. The molecule has 2 aliphatic heterocycles. The molecule has 0 unspecified atom stereocenters. The van der Waals surface area contributed by atoms with Crippen molar-refractivity contribution in [2.75, 3.05) is 26.2 Å². The molecule has 4 rings (SSSR count). The number of benzene rings is 2. The largest absolute Gasteiger partial charge is 0.482 e. The second-order valence-electron chi connectivity index (χ2n) is 8.01. The van der Waals surface area contributed by atoms with E-state index in [-0.39, 0.29) is 11.5 Å². The van der Waals surface area contributed by atoms with Gasteiger partial charge in [0, 0.05) is 37.1 Å². The van der Waals surface area contributed by atoms with E-state index in [9.17, 15) is 14.7 Å². The van der Waals surface area contributed by atoms with Crippen LogP contribution < -0.4 is 10.1 Å². The molecule has 2 aromatic rings. The van der Waals surface area contributed by atoms with Gasteiger partial charge in [-0.05, 0) is 68.4 Å². The molecule has 6 nitrogen and oxygen atoms in total. The Labute approximate surface area is 182 Å². The Kier molecular flexibility index (Phi) is 5.83. The first kappa shape index (κ1) is 21.1. The predicted octanol–water partition coefficient (Wildman–Crippen LogP) is 3.81. The van der Waals surface area contributed by atoms with E-state index in [1.165, 1.54) is 0 Å². The molecule has 162 valence electrons. The first-order chi connectivity index (χ1) is 15.0. The minimum atomic E-state index is -0.985. The van der Waals surface area contributed by atoms with Gasteiger partial charge in [0.2, 0.25) is 0 Å². The third kappa shape index (κ3) is 3.95. The topological polar surface area (TPSA) is 78.9 Å². The lowest BCUT2D eigenvalue weighted by molar-refractivity contribution is 0.0684. The van der Waals surface area contributed by atoms with Crippen LogP contribution in [0.2, 0.25) is 0 Å². The van der Waals surface area contributed by atoms with E-state index in [1.807, 2.05) is 44.2 Å². The Bertz CT molecular complexity index is 1020. The molecule has 1 saturated heterocycles. The van der Waals surface area contributed by atoms with E-state index in [1.54, 1.807) is 17.0 Å². The second kappa shape index (κ2) is 8.55. The molecule has 2 aromatic carbocycles. The lowest BCUT2D eigenvalue weighted by Gasteiger charge is -2.40. The highest BCUT2D eigenvalue weighted by Crippen LogP contribution is 2.44. The summed E-state index contributed by atoms with van der Waals surface area (Å²) in [6.07, 6.45) is 3.71. The van der Waals surface area contributed by atoms with E-state index in [2.05, 4.69) is 11.4 Å². The number of piperidine rings is 1. The van der Waals surface area contributed by atoms with Crippen molar-refractivity contribution in [2.45, 2.75) is 32.3 Å². The van der Waals surface area contributed by atoms with Gasteiger partial charge in [0.1, 0.15) is 11.4 Å². The van der Waals surface area contributed by atoms with Gasteiger partial charge >= 0.3 is 5.97 Å². The fourth-order valence-electron chi connectivity index (χ4n) is 4.47. The summed E-state index contributed by atoms with van der Waals surface area (Å²) in [5, 5.41) is 13.2. The van der Waals surface area contributed by atoms with Crippen LogP contribution in [0.5, 0.6) is 5.75 Å². The number of rotatable bonds is 5. The van der Waals surface area contributed by atoms with E-state index in [0.717, 1.165) is 37.1 Å². The highest BCUT2D eigenvalue weighted by molar-refractivity contribution is 6.00. The number of carbonyl (C=O) groups excluding carboxylic acids is 1. The summed E-state index contributed by atoms with van der Waals surface area (Å²) in [6, 6.07) is 12.6. The summed E-state index contributed by atoms with van der Waals surface area (Å²) in [5.41, 5.74) is 2.72. The number of carbonyl (C=O) groups is 2. The normalized spacial score (nSPS) is 16.8. The van der Waals surface area contributed by atoms with Crippen molar-refractivity contribution in [3.8, 4) is 5.75 Å².